The second-order valence-electron chi connectivity index (χ2n) is 5.86. The maximum absolute atomic E-state index is 11.8. The molecule has 18 heavy (non-hydrogen) atoms. The fourth-order valence-corrected chi connectivity index (χ4v) is 15.6. The molecule has 0 bridgehead atoms. The first-order valence-electron chi connectivity index (χ1n) is 6.45. The maximum Gasteiger partial charge on any atom is 0.193 e. The molecule has 1 heterocycles. The summed E-state index contributed by atoms with van der Waals surface area (Å²) >= 11 is 1.62. The summed E-state index contributed by atoms with van der Waals surface area (Å²) in [5, 5.41) is 4.57. The number of hydrogen-bond acceptors (Lipinski definition) is 3. The molecule has 1 aliphatic heterocycles. The van der Waals surface area contributed by atoms with E-state index in [9.17, 15) is 8.42 Å². The minimum absolute atomic E-state index is 0.540. The summed E-state index contributed by atoms with van der Waals surface area (Å²) in [6.45, 7) is 13.5. The fourth-order valence-electron chi connectivity index (χ4n) is 3.45. The van der Waals surface area contributed by atoms with E-state index >= 15 is 0 Å². The normalized spacial score (nSPS) is 19.7. The summed E-state index contributed by atoms with van der Waals surface area (Å²) in [7, 11) is -4.97. The maximum atomic E-state index is 11.8. The lowest BCUT2D eigenvalue weighted by molar-refractivity contribution is 0.612. The van der Waals surface area contributed by atoms with E-state index in [0.29, 0.717) is 16.6 Å². The molecule has 0 fully saturated rings. The summed E-state index contributed by atoms with van der Waals surface area (Å²) in [6.07, 6.45) is 0. The van der Waals surface area contributed by atoms with Gasteiger partial charge >= 0.3 is 0 Å². The van der Waals surface area contributed by atoms with Crippen molar-refractivity contribution < 1.29 is 8.42 Å². The van der Waals surface area contributed by atoms with Gasteiger partial charge in [-0.2, -0.15) is 0 Å². The van der Waals surface area contributed by atoms with E-state index in [-0.39, 0.29) is 0 Å². The molecular weight excluding hydrogens is 280 g/mol. The van der Waals surface area contributed by atoms with Gasteiger partial charge in [-0.05, 0) is 26.6 Å². The number of hydrogen-bond donors (Lipinski definition) is 0. The van der Waals surface area contributed by atoms with Crippen LogP contribution in [0, 0.1) is 0 Å². The van der Waals surface area contributed by atoms with E-state index in [4.69, 9.17) is 0 Å². The second kappa shape index (κ2) is 5.55. The summed E-state index contributed by atoms with van der Waals surface area (Å²) < 4.78 is 24.8. The van der Waals surface area contributed by atoms with Crippen LogP contribution in [0.1, 0.15) is 41.5 Å². The van der Waals surface area contributed by atoms with Crippen molar-refractivity contribution in [1.29, 1.82) is 0 Å². The summed E-state index contributed by atoms with van der Waals surface area (Å²) in [4.78, 5) is 0. The lowest BCUT2D eigenvalue weighted by Crippen LogP contribution is -2.46. The first-order valence-corrected chi connectivity index (χ1v) is 11.2. The molecule has 0 amide bonds. The highest BCUT2D eigenvalue weighted by molar-refractivity contribution is 8.11. The average Bonchev–Trinajstić information content (AvgIpc) is 2.14. The molecule has 0 radical (unpaired) electrons. The Labute approximate surface area is 117 Å². The third-order valence-corrected chi connectivity index (χ3v) is 14.4. The monoisotopic (exact) mass is 304 g/mol. The van der Waals surface area contributed by atoms with E-state index in [1.807, 2.05) is 0 Å². The van der Waals surface area contributed by atoms with Crippen LogP contribution in [0.5, 0.6) is 0 Å². The van der Waals surface area contributed by atoms with Gasteiger partial charge < -0.3 is 0 Å². The van der Waals surface area contributed by atoms with Gasteiger partial charge in [-0.1, -0.05) is 41.5 Å². The molecule has 0 saturated heterocycles. The lowest BCUT2D eigenvalue weighted by atomic mass is 10.5. The summed E-state index contributed by atoms with van der Waals surface area (Å²) in [6, 6.07) is 0. The zero-order chi connectivity index (χ0) is 14.1. The number of sulfone groups is 1. The summed E-state index contributed by atoms with van der Waals surface area (Å²) in [5.41, 5.74) is 1.62. The standard InChI is InChI=1S/C13H24O2S2Si/c1-10(2)18(11(3)4,12(5)6)13-9-17(14,15)8-7-16-13/h7-12H,1-6H3. The molecule has 2 nitrogen and oxygen atoms in total. The molecule has 0 aromatic rings. The highest BCUT2D eigenvalue weighted by Crippen LogP contribution is 2.51. The van der Waals surface area contributed by atoms with Crippen molar-refractivity contribution in [1.82, 2.24) is 0 Å². The molecular formula is C13H24O2S2Si. The first kappa shape index (κ1) is 16.1. The van der Waals surface area contributed by atoms with Gasteiger partial charge in [-0.25, -0.2) is 8.42 Å². The minimum Gasteiger partial charge on any atom is -0.220 e. The average molecular weight is 305 g/mol. The highest BCUT2D eigenvalue weighted by Gasteiger charge is 2.47. The Hall–Kier alpha value is -0.00312. The van der Waals surface area contributed by atoms with Crippen LogP contribution in [0.3, 0.4) is 0 Å². The minimum atomic E-state index is -3.14. The van der Waals surface area contributed by atoms with Gasteiger partial charge in [-0.3, -0.25) is 0 Å². The Bertz CT molecular complexity index is 438. The van der Waals surface area contributed by atoms with E-state index in [1.54, 1.807) is 17.2 Å². The lowest BCUT2D eigenvalue weighted by Gasteiger charge is -2.44. The zero-order valence-electron chi connectivity index (χ0n) is 12.1. The largest absolute Gasteiger partial charge is 0.220 e. The fraction of sp³-hybridized carbons (Fsp3) is 0.692. The third-order valence-electron chi connectivity index (χ3n) is 4.00. The van der Waals surface area contributed by atoms with Crippen LogP contribution in [0.2, 0.25) is 16.6 Å². The van der Waals surface area contributed by atoms with E-state index in [0.717, 1.165) is 4.53 Å². The second-order valence-corrected chi connectivity index (χ2v) is 14.7. The van der Waals surface area contributed by atoms with Crippen LogP contribution in [-0.4, -0.2) is 16.5 Å². The van der Waals surface area contributed by atoms with Gasteiger partial charge in [0.1, 0.15) is 8.07 Å². The molecule has 1 aliphatic rings. The number of thioether (sulfide) groups is 1. The molecule has 1 rings (SSSR count). The zero-order valence-corrected chi connectivity index (χ0v) is 14.7. The topological polar surface area (TPSA) is 34.1 Å². The van der Waals surface area contributed by atoms with Gasteiger partial charge in [0.05, 0.1) is 0 Å². The van der Waals surface area contributed by atoms with Gasteiger partial charge in [0, 0.05) is 10.8 Å². The van der Waals surface area contributed by atoms with Crippen LogP contribution in [0.4, 0.5) is 0 Å². The molecule has 0 unspecified atom stereocenters. The molecule has 0 aliphatic carbocycles. The van der Waals surface area contributed by atoms with Crippen molar-refractivity contribution in [2.75, 3.05) is 0 Å². The Balaban J connectivity index is 3.42. The Morgan fingerprint density at radius 1 is 1.00 bits per heavy atom. The van der Waals surface area contributed by atoms with Crippen molar-refractivity contribution in [3.05, 3.63) is 20.8 Å². The van der Waals surface area contributed by atoms with Gasteiger partial charge in [0.15, 0.2) is 9.84 Å². The third kappa shape index (κ3) is 2.78. The Morgan fingerprint density at radius 2 is 1.44 bits per heavy atom. The molecule has 0 atom stereocenters. The molecule has 104 valence electrons. The van der Waals surface area contributed by atoms with Crippen molar-refractivity contribution in [3.8, 4) is 0 Å². The van der Waals surface area contributed by atoms with Crippen molar-refractivity contribution >= 4 is 29.7 Å². The predicted molar refractivity (Wildman–Crippen MR) is 84.8 cm³/mol. The van der Waals surface area contributed by atoms with Crippen LogP contribution < -0.4 is 0 Å². The van der Waals surface area contributed by atoms with E-state index in [1.165, 1.54) is 10.8 Å². The summed E-state index contributed by atoms with van der Waals surface area (Å²) in [5.74, 6) is 0. The molecule has 5 heteroatoms. The van der Waals surface area contributed by atoms with E-state index < -0.39 is 17.9 Å². The quantitative estimate of drug-likeness (QED) is 0.707. The van der Waals surface area contributed by atoms with Crippen LogP contribution >= 0.6 is 11.8 Å². The van der Waals surface area contributed by atoms with Crippen LogP contribution in [0.25, 0.3) is 0 Å². The Morgan fingerprint density at radius 3 is 1.78 bits per heavy atom. The SMILES string of the molecule is CC(C)[Si](C1=CS(=O)(=O)C=CS1)(C(C)C)C(C)C. The van der Waals surface area contributed by atoms with Crippen molar-refractivity contribution in [3.63, 3.8) is 0 Å². The number of rotatable bonds is 4. The molecule has 0 aromatic carbocycles. The van der Waals surface area contributed by atoms with E-state index in [2.05, 4.69) is 41.5 Å². The smallest absolute Gasteiger partial charge is 0.193 e. The molecule has 0 spiro atoms. The van der Waals surface area contributed by atoms with Crippen molar-refractivity contribution in [2.24, 2.45) is 0 Å². The van der Waals surface area contributed by atoms with Gasteiger partial charge in [0.25, 0.3) is 0 Å². The molecule has 0 N–H and O–H groups in total. The van der Waals surface area contributed by atoms with Crippen LogP contribution in [0.15, 0.2) is 20.8 Å². The van der Waals surface area contributed by atoms with Crippen molar-refractivity contribution in [2.45, 2.75) is 58.2 Å². The van der Waals surface area contributed by atoms with Crippen LogP contribution in [-0.2, 0) is 9.84 Å². The predicted octanol–water partition coefficient (Wildman–Crippen LogP) is 4.68. The highest BCUT2D eigenvalue weighted by atomic mass is 32.2. The molecule has 0 saturated carbocycles. The van der Waals surface area contributed by atoms with Gasteiger partial charge in [-0.15, -0.1) is 11.8 Å². The van der Waals surface area contributed by atoms with Gasteiger partial charge in [0.2, 0.25) is 0 Å². The molecule has 0 aromatic heterocycles. The Kier molecular flexibility index (Phi) is 4.95. The first-order chi connectivity index (χ1) is 8.14.